The topological polar surface area (TPSA) is 65.0 Å². The zero-order valence-electron chi connectivity index (χ0n) is 15.8. The molecule has 2 aliphatic heterocycles. The second kappa shape index (κ2) is 10.4. The lowest BCUT2D eigenvalue weighted by atomic mass is 10.00. The van der Waals surface area contributed by atoms with Gasteiger partial charge in [-0.25, -0.2) is 12.7 Å². The van der Waals surface area contributed by atoms with Crippen molar-refractivity contribution in [3.8, 4) is 0 Å². The first-order valence-corrected chi connectivity index (χ1v) is 11.0. The standard InChI is InChI=1S/C19H28N4O2S.HI/c1-2-20-19(21-11-15-23-12-6-16-26(23,24)25)22-13-9-18(10-14-22)17-7-4-3-5-8-17;/h3-5,7-9H,2,6,10-16H2,1H3,(H,20,21);1H. The van der Waals surface area contributed by atoms with Crippen molar-refractivity contribution in [1.82, 2.24) is 14.5 Å². The maximum Gasteiger partial charge on any atom is 0.214 e. The molecule has 27 heavy (non-hydrogen) atoms. The molecule has 6 nitrogen and oxygen atoms in total. The molecule has 0 bridgehead atoms. The van der Waals surface area contributed by atoms with E-state index in [2.05, 4.69) is 52.5 Å². The first-order chi connectivity index (χ1) is 12.6. The largest absolute Gasteiger partial charge is 0.357 e. The zero-order valence-corrected chi connectivity index (χ0v) is 18.9. The van der Waals surface area contributed by atoms with Gasteiger partial charge < -0.3 is 10.2 Å². The van der Waals surface area contributed by atoms with Crippen molar-refractivity contribution in [2.75, 3.05) is 45.0 Å². The van der Waals surface area contributed by atoms with Crippen molar-refractivity contribution in [1.29, 1.82) is 0 Å². The highest BCUT2D eigenvalue weighted by Crippen LogP contribution is 2.22. The van der Waals surface area contributed by atoms with Crippen LogP contribution in [-0.2, 0) is 10.0 Å². The molecule has 0 aliphatic carbocycles. The van der Waals surface area contributed by atoms with Crippen molar-refractivity contribution in [3.63, 3.8) is 0 Å². The van der Waals surface area contributed by atoms with Crippen LogP contribution in [0.2, 0.25) is 0 Å². The smallest absolute Gasteiger partial charge is 0.214 e. The highest BCUT2D eigenvalue weighted by atomic mass is 127. The summed E-state index contributed by atoms with van der Waals surface area (Å²) in [5.41, 5.74) is 2.66. The Morgan fingerprint density at radius 2 is 2.00 bits per heavy atom. The second-order valence-electron chi connectivity index (χ2n) is 6.60. The van der Waals surface area contributed by atoms with Crippen LogP contribution in [0, 0.1) is 0 Å². The van der Waals surface area contributed by atoms with E-state index >= 15 is 0 Å². The molecule has 1 aromatic rings. The molecule has 1 N–H and O–H groups in total. The molecule has 2 heterocycles. The predicted octanol–water partition coefficient (Wildman–Crippen LogP) is 2.39. The predicted molar refractivity (Wildman–Crippen MR) is 122 cm³/mol. The summed E-state index contributed by atoms with van der Waals surface area (Å²) in [5, 5.41) is 3.33. The number of benzene rings is 1. The molecule has 0 radical (unpaired) electrons. The maximum atomic E-state index is 11.9. The van der Waals surface area contributed by atoms with Crippen LogP contribution in [0.25, 0.3) is 5.57 Å². The number of nitrogens with one attached hydrogen (secondary N) is 1. The first kappa shape index (κ1) is 22.2. The summed E-state index contributed by atoms with van der Waals surface area (Å²) in [6.07, 6.45) is 3.97. The van der Waals surface area contributed by atoms with Gasteiger partial charge >= 0.3 is 0 Å². The van der Waals surface area contributed by atoms with Gasteiger partial charge in [-0.15, -0.1) is 24.0 Å². The van der Waals surface area contributed by atoms with Gasteiger partial charge in [0, 0.05) is 32.7 Å². The van der Waals surface area contributed by atoms with E-state index in [0.717, 1.165) is 38.4 Å². The molecule has 150 valence electrons. The third kappa shape index (κ3) is 5.92. The SMILES string of the molecule is CCNC(=NCCN1CCCS1(=O)=O)N1CC=C(c2ccccc2)CC1.I. The molecule has 1 fully saturated rings. The molecule has 3 rings (SSSR count). The van der Waals surface area contributed by atoms with E-state index in [1.165, 1.54) is 11.1 Å². The minimum absolute atomic E-state index is 0. The van der Waals surface area contributed by atoms with E-state index in [9.17, 15) is 8.42 Å². The van der Waals surface area contributed by atoms with Gasteiger partial charge in [0.1, 0.15) is 0 Å². The van der Waals surface area contributed by atoms with Crippen LogP contribution >= 0.6 is 24.0 Å². The normalized spacial score (nSPS) is 20.1. The molecule has 1 aromatic carbocycles. The lowest BCUT2D eigenvalue weighted by Gasteiger charge is -2.30. The van der Waals surface area contributed by atoms with Gasteiger partial charge in [-0.2, -0.15) is 0 Å². The van der Waals surface area contributed by atoms with Crippen molar-refractivity contribution >= 4 is 45.5 Å². The van der Waals surface area contributed by atoms with Crippen molar-refractivity contribution in [2.45, 2.75) is 19.8 Å². The summed E-state index contributed by atoms with van der Waals surface area (Å²) >= 11 is 0. The third-order valence-corrected chi connectivity index (χ3v) is 6.76. The molecular weight excluding hydrogens is 475 g/mol. The molecule has 1 saturated heterocycles. The molecule has 0 atom stereocenters. The fourth-order valence-electron chi connectivity index (χ4n) is 3.41. The minimum atomic E-state index is -3.04. The van der Waals surface area contributed by atoms with Crippen LogP contribution in [0.15, 0.2) is 41.4 Å². The number of hydrogen-bond acceptors (Lipinski definition) is 3. The van der Waals surface area contributed by atoms with E-state index in [1.807, 2.05) is 6.07 Å². The van der Waals surface area contributed by atoms with Gasteiger partial charge in [0.25, 0.3) is 0 Å². The van der Waals surface area contributed by atoms with E-state index in [-0.39, 0.29) is 29.7 Å². The summed E-state index contributed by atoms with van der Waals surface area (Å²) < 4.78 is 25.3. The van der Waals surface area contributed by atoms with E-state index < -0.39 is 10.0 Å². The molecule has 8 heteroatoms. The maximum absolute atomic E-state index is 11.9. The van der Waals surface area contributed by atoms with E-state index in [4.69, 9.17) is 0 Å². The number of guanidine groups is 1. The lowest BCUT2D eigenvalue weighted by molar-refractivity contribution is 0.431. The highest BCUT2D eigenvalue weighted by Gasteiger charge is 2.27. The van der Waals surface area contributed by atoms with Gasteiger partial charge in [0.15, 0.2) is 5.96 Å². The molecule has 0 amide bonds. The average Bonchev–Trinajstić information content (AvgIpc) is 3.00. The van der Waals surface area contributed by atoms with Crippen LogP contribution in [0.1, 0.15) is 25.3 Å². The number of hydrogen-bond donors (Lipinski definition) is 1. The average molecular weight is 504 g/mol. The summed E-state index contributed by atoms with van der Waals surface area (Å²) in [7, 11) is -3.04. The molecule has 2 aliphatic rings. The molecule has 0 spiro atoms. The molecule has 0 aromatic heterocycles. The number of nitrogens with zero attached hydrogens (tertiary/aromatic N) is 3. The second-order valence-corrected chi connectivity index (χ2v) is 8.68. The minimum Gasteiger partial charge on any atom is -0.357 e. The molecular formula is C19H29IN4O2S. The van der Waals surface area contributed by atoms with Crippen LogP contribution in [0.5, 0.6) is 0 Å². The Bertz CT molecular complexity index is 765. The van der Waals surface area contributed by atoms with Crippen LogP contribution in [0.4, 0.5) is 0 Å². The van der Waals surface area contributed by atoms with Crippen LogP contribution in [-0.4, -0.2) is 68.6 Å². The summed E-state index contributed by atoms with van der Waals surface area (Å²) in [6, 6.07) is 10.5. The van der Waals surface area contributed by atoms with Gasteiger partial charge in [0.2, 0.25) is 10.0 Å². The zero-order chi connectivity index (χ0) is 18.4. The number of aliphatic imine (C=N–C) groups is 1. The van der Waals surface area contributed by atoms with E-state index in [1.54, 1.807) is 4.31 Å². The van der Waals surface area contributed by atoms with Gasteiger partial charge in [-0.1, -0.05) is 36.4 Å². The molecule has 0 unspecified atom stereocenters. The number of sulfonamides is 1. The Morgan fingerprint density at radius 1 is 1.22 bits per heavy atom. The van der Waals surface area contributed by atoms with E-state index in [0.29, 0.717) is 19.6 Å². The Morgan fingerprint density at radius 3 is 2.59 bits per heavy atom. The summed E-state index contributed by atoms with van der Waals surface area (Å²) in [4.78, 5) is 6.89. The van der Waals surface area contributed by atoms with Gasteiger partial charge in [-0.05, 0) is 30.9 Å². The fourth-order valence-corrected chi connectivity index (χ4v) is 4.93. The Hall–Kier alpha value is -1.13. The van der Waals surface area contributed by atoms with Crippen LogP contribution in [0.3, 0.4) is 0 Å². The fraction of sp³-hybridized carbons (Fsp3) is 0.526. The quantitative estimate of drug-likeness (QED) is 0.380. The summed E-state index contributed by atoms with van der Waals surface area (Å²) in [5.74, 6) is 1.14. The van der Waals surface area contributed by atoms with Crippen molar-refractivity contribution < 1.29 is 8.42 Å². The third-order valence-electron chi connectivity index (χ3n) is 4.80. The Labute approximate surface area is 179 Å². The monoisotopic (exact) mass is 504 g/mol. The number of rotatable bonds is 5. The Kier molecular flexibility index (Phi) is 8.56. The Balaban J connectivity index is 0.00000261. The molecule has 0 saturated carbocycles. The first-order valence-electron chi connectivity index (χ1n) is 9.35. The lowest BCUT2D eigenvalue weighted by Crippen LogP contribution is -2.44. The van der Waals surface area contributed by atoms with Gasteiger partial charge in [-0.3, -0.25) is 4.99 Å². The van der Waals surface area contributed by atoms with Crippen molar-refractivity contribution in [2.24, 2.45) is 4.99 Å². The highest BCUT2D eigenvalue weighted by molar-refractivity contribution is 14.0. The number of halogens is 1. The van der Waals surface area contributed by atoms with Crippen molar-refractivity contribution in [3.05, 3.63) is 42.0 Å². The summed E-state index contributed by atoms with van der Waals surface area (Å²) in [6.45, 7) is 6.17. The van der Waals surface area contributed by atoms with Gasteiger partial charge in [0.05, 0.1) is 12.3 Å². The van der Waals surface area contributed by atoms with Crippen LogP contribution < -0.4 is 5.32 Å².